The maximum absolute atomic E-state index is 11.0. The van der Waals surface area contributed by atoms with Crippen LogP contribution in [0.3, 0.4) is 0 Å². The summed E-state index contributed by atoms with van der Waals surface area (Å²) in [7, 11) is -19.0. The average molecular weight is 813 g/mol. The van der Waals surface area contributed by atoms with E-state index >= 15 is 0 Å². The molecule has 52 heavy (non-hydrogen) atoms. The molecule has 0 radical (unpaired) electrons. The van der Waals surface area contributed by atoms with Gasteiger partial charge in [-0.3, -0.25) is 33.8 Å². The summed E-state index contributed by atoms with van der Waals surface area (Å²) >= 11 is 0. The molecule has 0 spiro atoms. The Labute approximate surface area is 302 Å². The minimum atomic E-state index is -4.74. The Morgan fingerprint density at radius 2 is 0.615 bits per heavy atom. The monoisotopic (exact) mass is 812 g/mol. The Morgan fingerprint density at radius 1 is 0.481 bits per heavy atom. The standard InChI is InChI=1S/2C10H8O6S2.2C3H9N.2CH5N3/c2*11-17(12,13)9-5-1-3-7-8(9)4-2-6-10(7)18(14,15)16;2*1-2-3-4;2*2-1(3)4/h2*1-6H,(H,11,12,13)(H,14,15,16);2*2-4H2,1H3;2*(H5,2,3,4). The molecular formula is C28H44N8O12S4. The van der Waals surface area contributed by atoms with Crippen molar-refractivity contribution in [3.8, 4) is 0 Å². The van der Waals surface area contributed by atoms with Crippen LogP contribution in [0.15, 0.2) is 92.4 Å². The largest absolute Gasteiger partial charge is 0.744 e. The zero-order valence-corrected chi connectivity index (χ0v) is 31.4. The summed E-state index contributed by atoms with van der Waals surface area (Å²) in [4.78, 5) is -2.20. The number of benzene rings is 4. The summed E-state index contributed by atoms with van der Waals surface area (Å²) in [5.74, 6) is -0.167. The molecule has 292 valence electrons. The van der Waals surface area contributed by atoms with Crippen molar-refractivity contribution in [1.29, 1.82) is 0 Å². The lowest BCUT2D eigenvalue weighted by atomic mass is 10.1. The maximum atomic E-state index is 11.0. The molecule has 0 fully saturated rings. The number of rotatable bonds is 6. The van der Waals surface area contributed by atoms with Crippen molar-refractivity contribution in [2.24, 2.45) is 22.9 Å². The van der Waals surface area contributed by atoms with Crippen molar-refractivity contribution in [3.63, 3.8) is 0 Å². The van der Waals surface area contributed by atoms with Gasteiger partial charge in [-0.1, -0.05) is 62.4 Å². The normalized spacial score (nSPS) is 10.9. The highest BCUT2D eigenvalue weighted by Crippen LogP contribution is 2.29. The molecule has 4 aromatic rings. The molecule has 20 nitrogen and oxygen atoms in total. The number of hydrogen-bond donors (Lipinski definition) is 8. The van der Waals surface area contributed by atoms with Gasteiger partial charge >= 0.3 is 11.9 Å². The zero-order valence-electron chi connectivity index (χ0n) is 28.2. The number of quaternary nitrogens is 2. The molecule has 0 saturated heterocycles. The second-order valence-electron chi connectivity index (χ2n) is 9.74. The number of fused-ring (bicyclic) bond motifs is 2. The van der Waals surface area contributed by atoms with Crippen molar-refractivity contribution in [2.75, 3.05) is 13.1 Å². The van der Waals surface area contributed by atoms with Gasteiger partial charge in [0.1, 0.15) is 40.5 Å². The van der Waals surface area contributed by atoms with Gasteiger partial charge in [-0.15, -0.1) is 0 Å². The van der Waals surface area contributed by atoms with E-state index in [1.165, 1.54) is 61.4 Å². The summed E-state index contributed by atoms with van der Waals surface area (Å²) in [5.41, 5.74) is 25.5. The van der Waals surface area contributed by atoms with E-state index < -0.39 is 60.1 Å². The lowest BCUT2D eigenvalue weighted by Gasteiger charge is -2.14. The average Bonchev–Trinajstić information content (AvgIpc) is 3.01. The molecule has 0 amide bonds. The minimum Gasteiger partial charge on any atom is -0.744 e. The van der Waals surface area contributed by atoms with E-state index in [9.17, 15) is 51.9 Å². The SMILES string of the molecule is CCC[NH3+].CCC[NH3+].NC(N)=[NH2+].NC(N)=[NH2+].O=S(=O)([O-])c1cccc2c(S(=O)(=O)[O-])cccc12.O=S(=O)([O-])c1cccc2c(S(=O)(=O)[O-])cccc12. The van der Waals surface area contributed by atoms with E-state index in [1.54, 1.807) is 0 Å². The third-order valence-electron chi connectivity index (χ3n) is 5.47. The Balaban J connectivity index is 0. The second-order valence-corrected chi connectivity index (χ2v) is 15.1. The van der Waals surface area contributed by atoms with Gasteiger partial charge < -0.3 is 29.7 Å². The molecule has 0 bridgehead atoms. The van der Waals surface area contributed by atoms with Crippen LogP contribution in [-0.2, 0) is 40.5 Å². The molecule has 0 unspecified atom stereocenters. The molecule has 0 aliphatic carbocycles. The van der Waals surface area contributed by atoms with Crippen LogP contribution in [0, 0.1) is 0 Å². The third kappa shape index (κ3) is 18.7. The quantitative estimate of drug-likeness (QED) is 0.0512. The first-order valence-corrected chi connectivity index (χ1v) is 20.1. The van der Waals surface area contributed by atoms with Crippen molar-refractivity contribution in [2.45, 2.75) is 46.3 Å². The molecule has 4 rings (SSSR count). The highest BCUT2D eigenvalue weighted by Gasteiger charge is 2.13. The molecule has 0 aliphatic rings. The molecule has 4 aromatic carbocycles. The van der Waals surface area contributed by atoms with E-state index in [-0.39, 0.29) is 33.5 Å². The topological polar surface area (TPSA) is 439 Å². The zero-order chi connectivity index (χ0) is 41.1. The smallest absolute Gasteiger partial charge is 0.336 e. The number of guanidine groups is 2. The van der Waals surface area contributed by atoms with Gasteiger partial charge in [-0.25, -0.2) is 33.7 Å². The lowest BCUT2D eigenvalue weighted by molar-refractivity contribution is -0.367. The van der Waals surface area contributed by atoms with Crippen LogP contribution in [-0.4, -0.2) is 76.9 Å². The minimum absolute atomic E-state index is 0.0792. The molecule has 0 saturated carbocycles. The molecule has 0 aliphatic heterocycles. The van der Waals surface area contributed by atoms with Gasteiger partial charge in [0.2, 0.25) is 0 Å². The molecule has 0 aromatic heterocycles. The highest BCUT2D eigenvalue weighted by molar-refractivity contribution is 7.87. The molecule has 18 N–H and O–H groups in total. The Bertz CT molecular complexity index is 1920. The lowest BCUT2D eigenvalue weighted by Crippen LogP contribution is -2.51. The molecule has 0 heterocycles. The van der Waals surface area contributed by atoms with Crippen LogP contribution >= 0.6 is 0 Å². The van der Waals surface area contributed by atoms with Crippen molar-refractivity contribution in [1.82, 2.24) is 0 Å². The first kappa shape index (κ1) is 49.6. The van der Waals surface area contributed by atoms with Gasteiger partial charge in [0, 0.05) is 21.5 Å². The first-order chi connectivity index (χ1) is 23.7. The van der Waals surface area contributed by atoms with E-state index in [0.29, 0.717) is 0 Å². The number of hydrogen-bond acceptors (Lipinski definition) is 12. The Kier molecular flexibility index (Phi) is 21.4. The van der Waals surface area contributed by atoms with Crippen molar-refractivity contribution < 1.29 is 74.2 Å². The van der Waals surface area contributed by atoms with Crippen LogP contribution in [0.4, 0.5) is 0 Å². The van der Waals surface area contributed by atoms with E-state index in [1.807, 2.05) is 0 Å². The summed E-state index contributed by atoms with van der Waals surface area (Å²) in [6.07, 6.45) is 2.42. The fourth-order valence-electron chi connectivity index (χ4n) is 3.38. The van der Waals surface area contributed by atoms with Gasteiger partial charge in [0.05, 0.1) is 32.7 Å². The summed E-state index contributed by atoms with van der Waals surface area (Å²) in [5, 5.41) is 8.85. The van der Waals surface area contributed by atoms with Crippen LogP contribution in [0.5, 0.6) is 0 Å². The van der Waals surface area contributed by atoms with Crippen LogP contribution in [0.1, 0.15) is 26.7 Å². The second kappa shape index (κ2) is 22.4. The van der Waals surface area contributed by atoms with Gasteiger partial charge in [0.25, 0.3) is 0 Å². The molecule has 24 heteroatoms. The fraction of sp³-hybridized carbons (Fsp3) is 0.214. The molecular weight excluding hydrogens is 769 g/mol. The van der Waals surface area contributed by atoms with E-state index in [2.05, 4.69) is 59.1 Å². The summed E-state index contributed by atoms with van der Waals surface area (Å²) in [6, 6.07) is 14.2. The van der Waals surface area contributed by atoms with Crippen molar-refractivity contribution >= 4 is 73.9 Å². The van der Waals surface area contributed by atoms with E-state index in [4.69, 9.17) is 0 Å². The number of nitrogens with two attached hydrogens (primary N) is 6. The first-order valence-electron chi connectivity index (χ1n) is 14.4. The fourth-order valence-corrected chi connectivity index (χ4v) is 6.15. The summed E-state index contributed by atoms with van der Waals surface area (Å²) in [6.45, 7) is 6.38. The van der Waals surface area contributed by atoms with Crippen molar-refractivity contribution in [3.05, 3.63) is 72.8 Å². The van der Waals surface area contributed by atoms with Crippen LogP contribution in [0.2, 0.25) is 0 Å². The van der Waals surface area contributed by atoms with Gasteiger partial charge in [-0.05, 0) is 37.1 Å². The predicted octanol–water partition coefficient (Wildman–Crippen LogP) is -5.39. The van der Waals surface area contributed by atoms with Gasteiger partial charge in [-0.2, -0.15) is 0 Å². The highest BCUT2D eigenvalue weighted by atomic mass is 32.2. The van der Waals surface area contributed by atoms with Gasteiger partial charge in [0.15, 0.2) is 0 Å². The Morgan fingerprint density at radius 3 is 0.712 bits per heavy atom. The Hall–Kier alpha value is -4.50. The molecule has 0 atom stereocenters. The van der Waals surface area contributed by atoms with Crippen LogP contribution in [0.25, 0.3) is 21.5 Å². The van der Waals surface area contributed by atoms with E-state index in [0.717, 1.165) is 37.4 Å². The maximum Gasteiger partial charge on any atom is 0.336 e. The van der Waals surface area contributed by atoms with Crippen LogP contribution < -0.4 is 45.2 Å². The predicted molar refractivity (Wildman–Crippen MR) is 186 cm³/mol. The third-order valence-corrected chi connectivity index (χ3v) is 9.05. The summed E-state index contributed by atoms with van der Waals surface area (Å²) < 4.78 is 132.